The van der Waals surface area contributed by atoms with Crippen molar-refractivity contribution in [1.29, 1.82) is 0 Å². The molecule has 2 aromatic rings. The van der Waals surface area contributed by atoms with Crippen LogP contribution in [0.2, 0.25) is 0 Å². The number of nitro groups is 1. The molecule has 0 unspecified atom stereocenters. The van der Waals surface area contributed by atoms with E-state index in [1.54, 1.807) is 50.4 Å². The lowest BCUT2D eigenvalue weighted by Gasteiger charge is -2.12. The van der Waals surface area contributed by atoms with E-state index in [9.17, 15) is 15.2 Å². The van der Waals surface area contributed by atoms with Crippen LogP contribution in [0.25, 0.3) is 0 Å². The molecule has 0 fully saturated rings. The lowest BCUT2D eigenvalue weighted by Crippen LogP contribution is -2.01. The fourth-order valence-electron chi connectivity index (χ4n) is 2.03. The summed E-state index contributed by atoms with van der Waals surface area (Å²) < 4.78 is 5.06. The van der Waals surface area contributed by atoms with Crippen molar-refractivity contribution in [2.75, 3.05) is 7.11 Å². The first-order chi connectivity index (χ1) is 9.52. The van der Waals surface area contributed by atoms with Gasteiger partial charge in [-0.25, -0.2) is 0 Å². The lowest BCUT2D eigenvalue weighted by atomic mass is 9.99. The van der Waals surface area contributed by atoms with E-state index in [4.69, 9.17) is 4.74 Å². The van der Waals surface area contributed by atoms with Crippen LogP contribution in [0.15, 0.2) is 42.5 Å². The van der Waals surface area contributed by atoms with Gasteiger partial charge in [-0.2, -0.15) is 0 Å². The first kappa shape index (κ1) is 14.0. The molecule has 0 radical (unpaired) electrons. The van der Waals surface area contributed by atoms with E-state index in [0.29, 0.717) is 22.4 Å². The molecule has 5 nitrogen and oxygen atoms in total. The molecule has 5 heteroatoms. The normalized spacial score (nSPS) is 11.9. The molecular formula is C15H15NO4. The Bertz CT molecular complexity index is 622. The Hall–Kier alpha value is -2.40. The second-order valence-electron chi connectivity index (χ2n) is 4.48. The summed E-state index contributed by atoms with van der Waals surface area (Å²) in [6.45, 7) is 1.66. The van der Waals surface area contributed by atoms with E-state index in [1.807, 2.05) is 0 Å². The first-order valence-corrected chi connectivity index (χ1v) is 6.10. The zero-order chi connectivity index (χ0) is 14.7. The largest absolute Gasteiger partial charge is 0.497 e. The predicted molar refractivity (Wildman–Crippen MR) is 74.9 cm³/mol. The Balaban J connectivity index is 2.30. The third-order valence-electron chi connectivity index (χ3n) is 3.16. The van der Waals surface area contributed by atoms with Gasteiger partial charge in [0.2, 0.25) is 0 Å². The Morgan fingerprint density at radius 3 is 2.25 bits per heavy atom. The quantitative estimate of drug-likeness (QED) is 0.686. The van der Waals surface area contributed by atoms with Gasteiger partial charge in [-0.05, 0) is 42.3 Å². The topological polar surface area (TPSA) is 72.6 Å². The highest BCUT2D eigenvalue weighted by Gasteiger charge is 2.15. The maximum atomic E-state index is 10.8. The second-order valence-corrected chi connectivity index (χ2v) is 4.48. The van der Waals surface area contributed by atoms with Crippen LogP contribution in [0, 0.1) is 17.0 Å². The molecule has 0 amide bonds. The number of rotatable bonds is 4. The molecule has 0 aromatic heterocycles. The number of methoxy groups -OCH3 is 1. The number of aliphatic hydroxyl groups excluding tert-OH is 1. The SMILES string of the molecule is COc1ccc([C@@H](O)c2ccc([N+](=O)[O-])c(C)c2)cc1. The van der Waals surface area contributed by atoms with E-state index in [-0.39, 0.29) is 5.69 Å². The third-order valence-corrected chi connectivity index (χ3v) is 3.16. The van der Waals surface area contributed by atoms with Gasteiger partial charge in [0, 0.05) is 11.6 Å². The number of hydrogen-bond donors (Lipinski definition) is 1. The Kier molecular flexibility index (Phi) is 4.00. The molecule has 0 bridgehead atoms. The average molecular weight is 273 g/mol. The highest BCUT2D eigenvalue weighted by atomic mass is 16.6. The maximum Gasteiger partial charge on any atom is 0.272 e. The summed E-state index contributed by atoms with van der Waals surface area (Å²) in [4.78, 5) is 10.3. The molecule has 0 aliphatic carbocycles. The van der Waals surface area contributed by atoms with E-state index < -0.39 is 11.0 Å². The van der Waals surface area contributed by atoms with Gasteiger partial charge in [-0.15, -0.1) is 0 Å². The maximum absolute atomic E-state index is 10.8. The van der Waals surface area contributed by atoms with Crippen LogP contribution in [-0.4, -0.2) is 17.1 Å². The molecular weight excluding hydrogens is 258 g/mol. The molecule has 2 rings (SSSR count). The number of benzene rings is 2. The number of aliphatic hydroxyl groups is 1. The fraction of sp³-hybridized carbons (Fsp3) is 0.200. The van der Waals surface area contributed by atoms with Crippen molar-refractivity contribution < 1.29 is 14.8 Å². The molecule has 0 aliphatic heterocycles. The molecule has 0 saturated carbocycles. The van der Waals surface area contributed by atoms with Gasteiger partial charge in [-0.3, -0.25) is 10.1 Å². The summed E-state index contributed by atoms with van der Waals surface area (Å²) in [6, 6.07) is 11.7. The lowest BCUT2D eigenvalue weighted by molar-refractivity contribution is -0.385. The van der Waals surface area contributed by atoms with Gasteiger partial charge in [0.1, 0.15) is 11.9 Å². The summed E-state index contributed by atoms with van der Waals surface area (Å²) in [5, 5.41) is 21.1. The summed E-state index contributed by atoms with van der Waals surface area (Å²) in [5.74, 6) is 0.709. The van der Waals surface area contributed by atoms with Gasteiger partial charge in [0.05, 0.1) is 12.0 Å². The first-order valence-electron chi connectivity index (χ1n) is 6.10. The highest BCUT2D eigenvalue weighted by molar-refractivity contribution is 5.44. The van der Waals surface area contributed by atoms with Crippen LogP contribution in [0.1, 0.15) is 22.8 Å². The summed E-state index contributed by atoms with van der Waals surface area (Å²) in [6.07, 6.45) is -0.819. The number of nitro benzene ring substituents is 1. The van der Waals surface area contributed by atoms with Crippen molar-refractivity contribution in [3.8, 4) is 5.75 Å². The average Bonchev–Trinajstić information content (AvgIpc) is 2.46. The Labute approximate surface area is 116 Å². The minimum atomic E-state index is -0.819. The molecule has 0 saturated heterocycles. The molecule has 1 N–H and O–H groups in total. The van der Waals surface area contributed by atoms with E-state index >= 15 is 0 Å². The number of aryl methyl sites for hydroxylation is 1. The standard InChI is InChI=1S/C15H15NO4/c1-10-9-12(5-8-14(10)16(18)19)15(17)11-3-6-13(20-2)7-4-11/h3-9,15,17H,1-2H3/t15-/m1/s1. The van der Waals surface area contributed by atoms with Crippen LogP contribution in [0.5, 0.6) is 5.75 Å². The van der Waals surface area contributed by atoms with Gasteiger partial charge < -0.3 is 9.84 Å². The van der Waals surface area contributed by atoms with Crippen molar-refractivity contribution in [2.24, 2.45) is 0 Å². The van der Waals surface area contributed by atoms with Gasteiger partial charge in [0.15, 0.2) is 0 Å². The molecule has 0 spiro atoms. The Morgan fingerprint density at radius 1 is 1.15 bits per heavy atom. The second kappa shape index (κ2) is 5.71. The molecule has 104 valence electrons. The van der Waals surface area contributed by atoms with Crippen LogP contribution in [0.3, 0.4) is 0 Å². The molecule has 0 heterocycles. The fourth-order valence-corrected chi connectivity index (χ4v) is 2.03. The van der Waals surface area contributed by atoms with E-state index in [1.165, 1.54) is 6.07 Å². The smallest absolute Gasteiger partial charge is 0.272 e. The molecule has 0 aliphatic rings. The van der Waals surface area contributed by atoms with Crippen LogP contribution in [-0.2, 0) is 0 Å². The number of hydrogen-bond acceptors (Lipinski definition) is 4. The third kappa shape index (κ3) is 2.78. The predicted octanol–water partition coefficient (Wildman–Crippen LogP) is 2.99. The van der Waals surface area contributed by atoms with Gasteiger partial charge >= 0.3 is 0 Å². The number of ether oxygens (including phenoxy) is 1. The van der Waals surface area contributed by atoms with Crippen molar-refractivity contribution >= 4 is 5.69 Å². The molecule has 20 heavy (non-hydrogen) atoms. The van der Waals surface area contributed by atoms with Gasteiger partial charge in [-0.1, -0.05) is 12.1 Å². The minimum absolute atomic E-state index is 0.0516. The number of nitrogens with zero attached hydrogens (tertiary/aromatic N) is 1. The van der Waals surface area contributed by atoms with Crippen molar-refractivity contribution in [1.82, 2.24) is 0 Å². The van der Waals surface area contributed by atoms with E-state index in [0.717, 1.165) is 0 Å². The monoisotopic (exact) mass is 273 g/mol. The highest BCUT2D eigenvalue weighted by Crippen LogP contribution is 2.27. The van der Waals surface area contributed by atoms with Crippen LogP contribution in [0.4, 0.5) is 5.69 Å². The summed E-state index contributed by atoms with van der Waals surface area (Å²) in [7, 11) is 1.57. The van der Waals surface area contributed by atoms with Crippen molar-refractivity contribution in [3.05, 3.63) is 69.3 Å². The van der Waals surface area contributed by atoms with Crippen LogP contribution < -0.4 is 4.74 Å². The molecule has 2 aromatic carbocycles. The zero-order valence-electron chi connectivity index (χ0n) is 11.2. The van der Waals surface area contributed by atoms with Crippen LogP contribution >= 0.6 is 0 Å². The van der Waals surface area contributed by atoms with Crippen molar-refractivity contribution in [3.63, 3.8) is 0 Å². The molecule has 1 atom stereocenters. The zero-order valence-corrected chi connectivity index (χ0v) is 11.2. The van der Waals surface area contributed by atoms with Gasteiger partial charge in [0.25, 0.3) is 5.69 Å². The van der Waals surface area contributed by atoms with Crippen molar-refractivity contribution in [2.45, 2.75) is 13.0 Å². The summed E-state index contributed by atoms with van der Waals surface area (Å²) in [5.41, 5.74) is 1.91. The Morgan fingerprint density at radius 2 is 1.75 bits per heavy atom. The van der Waals surface area contributed by atoms with E-state index in [2.05, 4.69) is 0 Å². The summed E-state index contributed by atoms with van der Waals surface area (Å²) >= 11 is 0. The minimum Gasteiger partial charge on any atom is -0.497 e.